The summed E-state index contributed by atoms with van der Waals surface area (Å²) in [7, 11) is 3.14. The molecular weight excluding hydrogens is 444 g/mol. The minimum atomic E-state index is -0.351. The maximum atomic E-state index is 13.0. The van der Waals surface area contributed by atoms with Crippen LogP contribution >= 0.6 is 0 Å². The summed E-state index contributed by atoms with van der Waals surface area (Å²) in [6.45, 7) is 7.83. The van der Waals surface area contributed by atoms with Gasteiger partial charge in [-0.2, -0.15) is 0 Å². The molecule has 35 heavy (non-hydrogen) atoms. The Balaban J connectivity index is 1.94. The molecular formula is C27H32N4O4. The SMILES string of the molecule is C=CCN(CC(=O)Nc1nc(-c2ccccc2)cn1-c1ccc(OC)c(OC)c1)C(=O)CC(C)C. The fourth-order valence-electron chi connectivity index (χ4n) is 3.61. The molecule has 8 nitrogen and oxygen atoms in total. The van der Waals surface area contributed by atoms with Crippen molar-refractivity contribution in [2.75, 3.05) is 32.6 Å². The summed E-state index contributed by atoms with van der Waals surface area (Å²) < 4.78 is 12.6. The highest BCUT2D eigenvalue weighted by molar-refractivity contribution is 5.94. The molecule has 0 saturated carbocycles. The second-order valence-corrected chi connectivity index (χ2v) is 8.43. The van der Waals surface area contributed by atoms with Crippen molar-refractivity contribution in [2.24, 2.45) is 5.92 Å². The highest BCUT2D eigenvalue weighted by Gasteiger charge is 2.20. The Kier molecular flexibility index (Phi) is 8.67. The van der Waals surface area contributed by atoms with Gasteiger partial charge in [0, 0.05) is 30.8 Å². The average Bonchev–Trinajstić information content (AvgIpc) is 3.27. The minimum absolute atomic E-state index is 0.0942. The third-order valence-corrected chi connectivity index (χ3v) is 5.29. The summed E-state index contributed by atoms with van der Waals surface area (Å²) in [5.74, 6) is 1.22. The van der Waals surface area contributed by atoms with Crippen LogP contribution in [0.25, 0.3) is 16.9 Å². The number of nitrogens with one attached hydrogen (secondary N) is 1. The summed E-state index contributed by atoms with van der Waals surface area (Å²) in [6, 6.07) is 15.1. The van der Waals surface area contributed by atoms with E-state index < -0.39 is 0 Å². The largest absolute Gasteiger partial charge is 0.493 e. The molecule has 0 aliphatic rings. The number of benzene rings is 2. The van der Waals surface area contributed by atoms with Crippen LogP contribution in [0.15, 0.2) is 67.4 Å². The molecule has 0 atom stereocenters. The number of aromatic nitrogens is 2. The Morgan fingerprint density at radius 2 is 1.83 bits per heavy atom. The zero-order chi connectivity index (χ0) is 25.4. The second-order valence-electron chi connectivity index (χ2n) is 8.43. The molecule has 0 aliphatic carbocycles. The van der Waals surface area contributed by atoms with Crippen molar-refractivity contribution in [1.82, 2.24) is 14.5 Å². The van der Waals surface area contributed by atoms with Crippen molar-refractivity contribution in [2.45, 2.75) is 20.3 Å². The normalized spacial score (nSPS) is 10.7. The van der Waals surface area contributed by atoms with Gasteiger partial charge in [-0.25, -0.2) is 4.98 Å². The smallest absolute Gasteiger partial charge is 0.246 e. The molecule has 0 fully saturated rings. The number of hydrogen-bond donors (Lipinski definition) is 1. The van der Waals surface area contributed by atoms with Crippen LogP contribution in [-0.4, -0.2) is 53.6 Å². The number of nitrogens with zero attached hydrogens (tertiary/aromatic N) is 3. The first kappa shape index (κ1) is 25.6. The Labute approximate surface area is 206 Å². The number of rotatable bonds is 11. The van der Waals surface area contributed by atoms with E-state index in [9.17, 15) is 9.59 Å². The number of ether oxygens (including phenoxy) is 2. The van der Waals surface area contributed by atoms with E-state index in [0.717, 1.165) is 11.3 Å². The molecule has 8 heteroatoms. The number of anilines is 1. The van der Waals surface area contributed by atoms with Gasteiger partial charge in [-0.3, -0.25) is 19.5 Å². The molecule has 0 spiro atoms. The van der Waals surface area contributed by atoms with E-state index in [1.54, 1.807) is 37.0 Å². The van der Waals surface area contributed by atoms with Gasteiger partial charge < -0.3 is 14.4 Å². The highest BCUT2D eigenvalue weighted by Crippen LogP contribution is 2.31. The number of carbonyl (C=O) groups is 2. The lowest BCUT2D eigenvalue weighted by Crippen LogP contribution is -2.38. The van der Waals surface area contributed by atoms with Crippen LogP contribution in [0.4, 0.5) is 5.95 Å². The van der Waals surface area contributed by atoms with Crippen molar-refractivity contribution >= 4 is 17.8 Å². The highest BCUT2D eigenvalue weighted by atomic mass is 16.5. The molecule has 0 aliphatic heterocycles. The third-order valence-electron chi connectivity index (χ3n) is 5.29. The van der Waals surface area contributed by atoms with Crippen LogP contribution in [0.5, 0.6) is 11.5 Å². The monoisotopic (exact) mass is 476 g/mol. The molecule has 2 aromatic carbocycles. The van der Waals surface area contributed by atoms with Crippen molar-refractivity contribution in [3.8, 4) is 28.4 Å². The predicted octanol–water partition coefficient (Wildman–Crippen LogP) is 4.56. The lowest BCUT2D eigenvalue weighted by atomic mass is 10.1. The lowest BCUT2D eigenvalue weighted by molar-refractivity contribution is -0.134. The molecule has 0 unspecified atom stereocenters. The first-order valence-corrected chi connectivity index (χ1v) is 11.4. The molecule has 0 bridgehead atoms. The quantitative estimate of drug-likeness (QED) is 0.410. The van der Waals surface area contributed by atoms with Gasteiger partial charge in [0.25, 0.3) is 0 Å². The summed E-state index contributed by atoms with van der Waals surface area (Å²) in [4.78, 5) is 31.8. The van der Waals surface area contributed by atoms with Crippen LogP contribution in [0.2, 0.25) is 0 Å². The van der Waals surface area contributed by atoms with Gasteiger partial charge in [0.15, 0.2) is 11.5 Å². The summed E-state index contributed by atoms with van der Waals surface area (Å²) >= 11 is 0. The fourth-order valence-corrected chi connectivity index (χ4v) is 3.61. The van der Waals surface area contributed by atoms with E-state index in [-0.39, 0.29) is 24.3 Å². The minimum Gasteiger partial charge on any atom is -0.493 e. The van der Waals surface area contributed by atoms with Gasteiger partial charge in [-0.05, 0) is 18.1 Å². The maximum Gasteiger partial charge on any atom is 0.246 e. The second kappa shape index (κ2) is 11.9. The van der Waals surface area contributed by atoms with Crippen LogP contribution < -0.4 is 14.8 Å². The number of carbonyl (C=O) groups excluding carboxylic acids is 2. The first-order valence-electron chi connectivity index (χ1n) is 11.4. The summed E-state index contributed by atoms with van der Waals surface area (Å²) in [5.41, 5.74) is 2.32. The molecule has 184 valence electrons. The number of amides is 2. The van der Waals surface area contributed by atoms with Crippen molar-refractivity contribution in [3.63, 3.8) is 0 Å². The van der Waals surface area contributed by atoms with Gasteiger partial charge in [0.2, 0.25) is 17.8 Å². The van der Waals surface area contributed by atoms with Gasteiger partial charge in [-0.1, -0.05) is 50.3 Å². The number of imidazole rings is 1. The van der Waals surface area contributed by atoms with E-state index in [1.165, 1.54) is 4.90 Å². The third kappa shape index (κ3) is 6.50. The zero-order valence-electron chi connectivity index (χ0n) is 20.7. The molecule has 2 amide bonds. The van der Waals surface area contributed by atoms with E-state index in [4.69, 9.17) is 9.47 Å². The Morgan fingerprint density at radius 3 is 2.46 bits per heavy atom. The van der Waals surface area contributed by atoms with E-state index >= 15 is 0 Å². The molecule has 0 saturated heterocycles. The average molecular weight is 477 g/mol. The molecule has 1 heterocycles. The fraction of sp³-hybridized carbons (Fsp3) is 0.296. The standard InChI is InChI=1S/C27H32N4O4/c1-6-14-30(26(33)15-19(2)3)18-25(32)29-27-28-22(20-10-8-7-9-11-20)17-31(27)21-12-13-23(34-4)24(16-21)35-5/h6-13,16-17,19H,1,14-15,18H2,2-5H3,(H,28,29,32). The maximum absolute atomic E-state index is 13.0. The molecule has 3 aromatic rings. The van der Waals surface area contributed by atoms with Crippen molar-refractivity contribution in [1.29, 1.82) is 0 Å². The summed E-state index contributed by atoms with van der Waals surface area (Å²) in [6.07, 6.45) is 3.82. The summed E-state index contributed by atoms with van der Waals surface area (Å²) in [5, 5.41) is 2.88. The molecule has 1 aromatic heterocycles. The molecule has 1 N–H and O–H groups in total. The Morgan fingerprint density at radius 1 is 1.11 bits per heavy atom. The van der Waals surface area contributed by atoms with Gasteiger partial charge in [0.1, 0.15) is 6.54 Å². The van der Waals surface area contributed by atoms with Crippen molar-refractivity contribution < 1.29 is 19.1 Å². The number of methoxy groups -OCH3 is 2. The first-order chi connectivity index (χ1) is 16.9. The van der Waals surface area contributed by atoms with Gasteiger partial charge >= 0.3 is 0 Å². The van der Waals surface area contributed by atoms with Gasteiger partial charge in [0.05, 0.1) is 25.6 Å². The Hall–Kier alpha value is -4.07. The number of hydrogen-bond acceptors (Lipinski definition) is 5. The van der Waals surface area contributed by atoms with E-state index in [0.29, 0.717) is 36.1 Å². The topological polar surface area (TPSA) is 85.7 Å². The van der Waals surface area contributed by atoms with Gasteiger partial charge in [-0.15, -0.1) is 6.58 Å². The predicted molar refractivity (Wildman–Crippen MR) is 137 cm³/mol. The van der Waals surface area contributed by atoms with Crippen LogP contribution in [0, 0.1) is 5.92 Å². The van der Waals surface area contributed by atoms with Crippen molar-refractivity contribution in [3.05, 3.63) is 67.4 Å². The van der Waals surface area contributed by atoms with Crippen LogP contribution in [0.1, 0.15) is 20.3 Å². The molecule has 0 radical (unpaired) electrons. The van der Waals surface area contributed by atoms with Crippen LogP contribution in [-0.2, 0) is 9.59 Å². The van der Waals surface area contributed by atoms with E-state index in [2.05, 4.69) is 16.9 Å². The van der Waals surface area contributed by atoms with Crippen LogP contribution in [0.3, 0.4) is 0 Å². The molecule has 3 rings (SSSR count). The Bertz CT molecular complexity index is 1170. The lowest BCUT2D eigenvalue weighted by Gasteiger charge is -2.21. The zero-order valence-corrected chi connectivity index (χ0v) is 20.7. The van der Waals surface area contributed by atoms with E-state index in [1.807, 2.05) is 56.4 Å².